The number of nitrogens with zero attached hydrogens (tertiary/aromatic N) is 1. The second-order valence-corrected chi connectivity index (χ2v) is 5.24. The van der Waals surface area contributed by atoms with Crippen LogP contribution in [0.4, 0.5) is 0 Å². The summed E-state index contributed by atoms with van der Waals surface area (Å²) in [5.74, 6) is 0.200. The number of methoxy groups -OCH3 is 1. The molecule has 1 unspecified atom stereocenters. The molecular weight excluding hydrogens is 252 g/mol. The maximum atomic E-state index is 12.6. The minimum absolute atomic E-state index is 0.0238. The van der Waals surface area contributed by atoms with Crippen molar-refractivity contribution < 1.29 is 9.53 Å². The highest BCUT2D eigenvalue weighted by Gasteiger charge is 2.25. The average molecular weight is 276 g/mol. The Morgan fingerprint density at radius 1 is 1.35 bits per heavy atom. The fourth-order valence-corrected chi connectivity index (χ4v) is 2.56. The molecule has 4 heteroatoms. The summed E-state index contributed by atoms with van der Waals surface area (Å²) >= 11 is 0. The van der Waals surface area contributed by atoms with E-state index in [0.29, 0.717) is 19.7 Å². The molecule has 1 fully saturated rings. The summed E-state index contributed by atoms with van der Waals surface area (Å²) < 4.78 is 5.13. The van der Waals surface area contributed by atoms with Crippen LogP contribution in [0.15, 0.2) is 30.3 Å². The number of hydrogen-bond acceptors (Lipinski definition) is 3. The molecule has 2 rings (SSSR count). The molecule has 1 heterocycles. The van der Waals surface area contributed by atoms with Crippen molar-refractivity contribution in [3.63, 3.8) is 0 Å². The van der Waals surface area contributed by atoms with Gasteiger partial charge in [-0.05, 0) is 24.9 Å². The minimum Gasteiger partial charge on any atom is -0.383 e. The van der Waals surface area contributed by atoms with Crippen LogP contribution in [0, 0.1) is 0 Å². The third kappa shape index (κ3) is 4.32. The Labute approximate surface area is 121 Å². The van der Waals surface area contributed by atoms with Crippen LogP contribution >= 0.6 is 0 Å². The molecule has 1 saturated heterocycles. The Kier molecular flexibility index (Phi) is 6.02. The summed E-state index contributed by atoms with van der Waals surface area (Å²) in [6.45, 7) is 2.81. The largest absolute Gasteiger partial charge is 0.383 e. The Morgan fingerprint density at radius 3 is 2.80 bits per heavy atom. The molecule has 0 bridgehead atoms. The topological polar surface area (TPSA) is 41.6 Å². The van der Waals surface area contributed by atoms with Gasteiger partial charge < -0.3 is 15.0 Å². The number of rotatable bonds is 6. The Morgan fingerprint density at radius 2 is 2.15 bits per heavy atom. The summed E-state index contributed by atoms with van der Waals surface area (Å²) in [5.41, 5.74) is 1.16. The molecule has 1 aromatic carbocycles. The van der Waals surface area contributed by atoms with Crippen molar-refractivity contribution in [3.05, 3.63) is 35.9 Å². The number of ether oxygens (including phenoxy) is 1. The summed E-state index contributed by atoms with van der Waals surface area (Å²) in [6.07, 6.45) is 3.24. The standard InChI is InChI=1S/C16H24N2O2/c1-20-12-11-18(13-14-7-3-2-4-8-14)16(19)15-9-5-6-10-17-15/h2-4,7-8,15,17H,5-6,9-13H2,1H3. The average Bonchev–Trinajstić information content (AvgIpc) is 2.52. The molecule has 110 valence electrons. The van der Waals surface area contributed by atoms with Gasteiger partial charge in [-0.15, -0.1) is 0 Å². The van der Waals surface area contributed by atoms with E-state index in [9.17, 15) is 4.79 Å². The molecule has 0 radical (unpaired) electrons. The van der Waals surface area contributed by atoms with Gasteiger partial charge in [0.05, 0.1) is 12.6 Å². The van der Waals surface area contributed by atoms with E-state index in [1.54, 1.807) is 7.11 Å². The maximum Gasteiger partial charge on any atom is 0.240 e. The molecular formula is C16H24N2O2. The van der Waals surface area contributed by atoms with E-state index in [1.165, 1.54) is 6.42 Å². The van der Waals surface area contributed by atoms with Crippen molar-refractivity contribution in [2.75, 3.05) is 26.8 Å². The van der Waals surface area contributed by atoms with Gasteiger partial charge in [0, 0.05) is 20.2 Å². The van der Waals surface area contributed by atoms with Gasteiger partial charge in [-0.1, -0.05) is 36.8 Å². The molecule has 1 aromatic rings. The normalized spacial score (nSPS) is 18.8. The number of amides is 1. The lowest BCUT2D eigenvalue weighted by atomic mass is 10.0. The molecule has 1 N–H and O–H groups in total. The van der Waals surface area contributed by atoms with Crippen LogP contribution in [-0.4, -0.2) is 43.7 Å². The van der Waals surface area contributed by atoms with Gasteiger partial charge in [-0.25, -0.2) is 0 Å². The number of piperidine rings is 1. The smallest absolute Gasteiger partial charge is 0.240 e. The predicted molar refractivity (Wildman–Crippen MR) is 79.4 cm³/mol. The molecule has 1 aliphatic rings. The van der Waals surface area contributed by atoms with Crippen molar-refractivity contribution in [2.45, 2.75) is 31.8 Å². The predicted octanol–water partition coefficient (Wildman–Crippen LogP) is 1.80. The zero-order chi connectivity index (χ0) is 14.2. The Hall–Kier alpha value is -1.39. The van der Waals surface area contributed by atoms with Gasteiger partial charge in [0.2, 0.25) is 5.91 Å². The van der Waals surface area contributed by atoms with E-state index in [4.69, 9.17) is 4.74 Å². The van der Waals surface area contributed by atoms with Gasteiger partial charge in [0.1, 0.15) is 0 Å². The summed E-state index contributed by atoms with van der Waals surface area (Å²) in [4.78, 5) is 14.5. The molecule has 4 nitrogen and oxygen atoms in total. The number of carbonyl (C=O) groups is 1. The van der Waals surface area contributed by atoms with E-state index < -0.39 is 0 Å². The van der Waals surface area contributed by atoms with E-state index in [-0.39, 0.29) is 11.9 Å². The first-order valence-electron chi connectivity index (χ1n) is 7.36. The van der Waals surface area contributed by atoms with E-state index in [1.807, 2.05) is 23.1 Å². The molecule has 0 spiro atoms. The molecule has 1 atom stereocenters. The fraction of sp³-hybridized carbons (Fsp3) is 0.562. The Balaban J connectivity index is 2.00. The molecule has 20 heavy (non-hydrogen) atoms. The quantitative estimate of drug-likeness (QED) is 0.861. The number of nitrogens with one attached hydrogen (secondary N) is 1. The van der Waals surface area contributed by atoms with E-state index >= 15 is 0 Å². The summed E-state index contributed by atoms with van der Waals surface area (Å²) in [6, 6.07) is 10.1. The van der Waals surface area contributed by atoms with Crippen LogP contribution in [0.25, 0.3) is 0 Å². The lowest BCUT2D eigenvalue weighted by Gasteiger charge is -2.30. The fourth-order valence-electron chi connectivity index (χ4n) is 2.56. The first-order chi connectivity index (χ1) is 9.81. The molecule has 0 aliphatic carbocycles. The first-order valence-corrected chi connectivity index (χ1v) is 7.36. The van der Waals surface area contributed by atoms with Crippen LogP contribution in [-0.2, 0) is 16.1 Å². The van der Waals surface area contributed by atoms with Gasteiger partial charge in [-0.2, -0.15) is 0 Å². The number of carbonyl (C=O) groups excluding carboxylic acids is 1. The maximum absolute atomic E-state index is 12.6. The van der Waals surface area contributed by atoms with Gasteiger partial charge in [-0.3, -0.25) is 4.79 Å². The molecule has 0 aromatic heterocycles. The van der Waals surface area contributed by atoms with Gasteiger partial charge in [0.25, 0.3) is 0 Å². The van der Waals surface area contributed by atoms with Crippen molar-refractivity contribution in [1.82, 2.24) is 10.2 Å². The van der Waals surface area contributed by atoms with Gasteiger partial charge in [0.15, 0.2) is 0 Å². The van der Waals surface area contributed by atoms with Crippen LogP contribution in [0.3, 0.4) is 0 Å². The molecule has 1 aliphatic heterocycles. The van der Waals surface area contributed by atoms with Crippen LogP contribution < -0.4 is 5.32 Å². The van der Waals surface area contributed by atoms with E-state index in [2.05, 4.69) is 17.4 Å². The third-order valence-corrected chi connectivity index (χ3v) is 3.70. The minimum atomic E-state index is -0.0238. The van der Waals surface area contributed by atoms with Crippen LogP contribution in [0.1, 0.15) is 24.8 Å². The number of hydrogen-bond donors (Lipinski definition) is 1. The SMILES string of the molecule is COCCN(Cc1ccccc1)C(=O)C1CCCCN1. The van der Waals surface area contributed by atoms with Crippen molar-refractivity contribution >= 4 is 5.91 Å². The van der Waals surface area contributed by atoms with Crippen molar-refractivity contribution in [1.29, 1.82) is 0 Å². The van der Waals surface area contributed by atoms with Crippen molar-refractivity contribution in [2.24, 2.45) is 0 Å². The van der Waals surface area contributed by atoms with E-state index in [0.717, 1.165) is 24.9 Å². The first kappa shape index (κ1) is 15.0. The second-order valence-electron chi connectivity index (χ2n) is 5.24. The van der Waals surface area contributed by atoms with Crippen LogP contribution in [0.2, 0.25) is 0 Å². The summed E-state index contributed by atoms with van der Waals surface area (Å²) in [7, 11) is 1.67. The zero-order valence-corrected chi connectivity index (χ0v) is 12.2. The highest BCUT2D eigenvalue weighted by molar-refractivity contribution is 5.82. The summed E-state index contributed by atoms with van der Waals surface area (Å²) in [5, 5.41) is 3.33. The lowest BCUT2D eigenvalue weighted by molar-refractivity contribution is -0.135. The highest BCUT2D eigenvalue weighted by atomic mass is 16.5. The third-order valence-electron chi connectivity index (χ3n) is 3.70. The zero-order valence-electron chi connectivity index (χ0n) is 12.2. The van der Waals surface area contributed by atoms with Gasteiger partial charge >= 0.3 is 0 Å². The molecule has 1 amide bonds. The molecule has 0 saturated carbocycles. The van der Waals surface area contributed by atoms with Crippen LogP contribution in [0.5, 0.6) is 0 Å². The Bertz CT molecular complexity index is 402. The monoisotopic (exact) mass is 276 g/mol. The number of benzene rings is 1. The van der Waals surface area contributed by atoms with Crippen molar-refractivity contribution in [3.8, 4) is 0 Å². The highest BCUT2D eigenvalue weighted by Crippen LogP contribution is 2.12. The lowest BCUT2D eigenvalue weighted by Crippen LogP contribution is -2.49. The second kappa shape index (κ2) is 8.02.